The molecule has 0 saturated heterocycles. The first-order valence-electron chi connectivity index (χ1n) is 7.96. The minimum absolute atomic E-state index is 0.729. The molecule has 0 heteroatoms. The third kappa shape index (κ3) is 1.70. The van der Waals surface area contributed by atoms with E-state index in [0.29, 0.717) is 0 Å². The van der Waals surface area contributed by atoms with Gasteiger partial charge in [-0.2, -0.15) is 0 Å². The van der Waals surface area contributed by atoms with Crippen molar-refractivity contribution in [3.63, 3.8) is 0 Å². The lowest BCUT2D eigenvalue weighted by atomic mass is 9.46. The van der Waals surface area contributed by atoms with E-state index in [4.69, 9.17) is 0 Å². The van der Waals surface area contributed by atoms with Crippen LogP contribution < -0.4 is 0 Å². The van der Waals surface area contributed by atoms with Gasteiger partial charge in [0.1, 0.15) is 0 Å². The molecule has 0 aromatic rings. The van der Waals surface area contributed by atoms with Crippen molar-refractivity contribution < 1.29 is 0 Å². The number of hydrogen-bond acceptors (Lipinski definition) is 0. The summed E-state index contributed by atoms with van der Waals surface area (Å²) in [4.78, 5) is 0. The molecule has 0 unspecified atom stereocenters. The van der Waals surface area contributed by atoms with Crippen LogP contribution in [0.3, 0.4) is 0 Å². The van der Waals surface area contributed by atoms with Gasteiger partial charge in [0.05, 0.1) is 0 Å². The van der Waals surface area contributed by atoms with Gasteiger partial charge in [-0.15, -0.1) is 0 Å². The molecule has 4 rings (SSSR count). The van der Waals surface area contributed by atoms with Gasteiger partial charge in [-0.05, 0) is 66.6 Å². The first kappa shape index (κ1) is 12.1. The van der Waals surface area contributed by atoms with E-state index in [1.165, 1.54) is 0 Å². The zero-order chi connectivity index (χ0) is 12.3. The molecule has 0 nitrogen and oxygen atoms in total. The highest BCUT2D eigenvalue weighted by molar-refractivity contribution is 5.07. The Kier molecular flexibility index (Phi) is 2.66. The van der Waals surface area contributed by atoms with Crippen LogP contribution >= 0.6 is 0 Å². The normalized spacial score (nSPS) is 49.1. The number of hydrogen-bond donors (Lipinski definition) is 0. The second-order valence-electron chi connectivity index (χ2n) is 8.34. The summed E-state index contributed by atoms with van der Waals surface area (Å²) in [6, 6.07) is 0. The van der Waals surface area contributed by atoms with Crippen LogP contribution in [0.2, 0.25) is 0 Å². The summed E-state index contributed by atoms with van der Waals surface area (Å²) in [6.45, 7) is 10.0. The molecule has 0 atom stereocenters. The van der Waals surface area contributed by atoms with E-state index in [1.54, 1.807) is 44.9 Å². The average molecular weight is 234 g/mol. The molecule has 4 aliphatic carbocycles. The van der Waals surface area contributed by atoms with Crippen molar-refractivity contribution in [3.8, 4) is 0 Å². The van der Waals surface area contributed by atoms with Gasteiger partial charge >= 0.3 is 0 Å². The highest BCUT2D eigenvalue weighted by Gasteiger charge is 2.56. The summed E-state index contributed by atoms with van der Waals surface area (Å²) < 4.78 is 0. The highest BCUT2D eigenvalue weighted by Crippen LogP contribution is 2.67. The molecule has 4 fully saturated rings. The zero-order valence-corrected chi connectivity index (χ0v) is 12.3. The fourth-order valence-corrected chi connectivity index (χ4v) is 5.83. The minimum atomic E-state index is 0.729. The van der Waals surface area contributed by atoms with Gasteiger partial charge in [-0.1, -0.05) is 40.5 Å². The topological polar surface area (TPSA) is 0 Å². The lowest BCUT2D eigenvalue weighted by Gasteiger charge is -2.59. The standard InChI is InChI=1S/C17H30/c1-12(2)16-7-14-5-6-15(8-16)10-17(9-14,11-16)13(3)4/h12-15H,5-11H2,1-4H3. The van der Waals surface area contributed by atoms with E-state index >= 15 is 0 Å². The van der Waals surface area contributed by atoms with E-state index < -0.39 is 0 Å². The Hall–Kier alpha value is 0. The largest absolute Gasteiger partial charge is 0.0622 e. The molecule has 0 radical (unpaired) electrons. The molecule has 0 spiro atoms. The summed E-state index contributed by atoms with van der Waals surface area (Å²) in [5.74, 6) is 3.95. The van der Waals surface area contributed by atoms with Crippen LogP contribution in [0.25, 0.3) is 0 Å². The summed E-state index contributed by atoms with van der Waals surface area (Å²) >= 11 is 0. The summed E-state index contributed by atoms with van der Waals surface area (Å²) in [6.07, 6.45) is 10.9. The van der Waals surface area contributed by atoms with Crippen molar-refractivity contribution in [3.05, 3.63) is 0 Å². The summed E-state index contributed by atoms with van der Waals surface area (Å²) in [5, 5.41) is 0. The van der Waals surface area contributed by atoms with E-state index in [0.717, 1.165) is 34.5 Å². The molecular formula is C17H30. The van der Waals surface area contributed by atoms with Gasteiger partial charge in [0.2, 0.25) is 0 Å². The van der Waals surface area contributed by atoms with Crippen LogP contribution in [0.15, 0.2) is 0 Å². The smallest absolute Gasteiger partial charge is 0.0264 e. The lowest BCUT2D eigenvalue weighted by Crippen LogP contribution is -2.49. The molecule has 0 heterocycles. The van der Waals surface area contributed by atoms with Crippen LogP contribution in [0.1, 0.15) is 72.6 Å². The summed E-state index contributed by atoms with van der Waals surface area (Å²) in [5.41, 5.74) is 1.46. The molecule has 4 saturated carbocycles. The monoisotopic (exact) mass is 234 g/mol. The maximum Gasteiger partial charge on any atom is -0.0264 e. The Balaban J connectivity index is 2.01. The third-order valence-corrected chi connectivity index (χ3v) is 6.92. The Bertz CT molecular complexity index is 257. The number of fused-ring (bicyclic) bond motifs is 1. The molecule has 0 amide bonds. The maximum atomic E-state index is 2.50. The predicted octanol–water partition coefficient (Wildman–Crippen LogP) is 5.28. The average Bonchev–Trinajstić information content (AvgIpc) is 2.44. The van der Waals surface area contributed by atoms with Crippen LogP contribution in [-0.2, 0) is 0 Å². The first-order chi connectivity index (χ1) is 7.96. The molecule has 17 heavy (non-hydrogen) atoms. The molecule has 0 N–H and O–H groups in total. The van der Waals surface area contributed by atoms with Crippen molar-refractivity contribution in [1.29, 1.82) is 0 Å². The van der Waals surface area contributed by atoms with Crippen LogP contribution in [-0.4, -0.2) is 0 Å². The fraction of sp³-hybridized carbons (Fsp3) is 1.00. The van der Waals surface area contributed by atoms with E-state index in [9.17, 15) is 0 Å². The van der Waals surface area contributed by atoms with Crippen molar-refractivity contribution >= 4 is 0 Å². The van der Waals surface area contributed by atoms with Gasteiger partial charge in [0.25, 0.3) is 0 Å². The zero-order valence-electron chi connectivity index (χ0n) is 12.3. The molecular weight excluding hydrogens is 204 g/mol. The third-order valence-electron chi connectivity index (χ3n) is 6.92. The Labute approximate surface area is 108 Å². The SMILES string of the molecule is CC(C)C12CC3CCC(C1)CC(C(C)C)(C3)C2. The molecule has 4 bridgehead atoms. The predicted molar refractivity (Wildman–Crippen MR) is 73.8 cm³/mol. The van der Waals surface area contributed by atoms with Crippen molar-refractivity contribution in [2.75, 3.05) is 0 Å². The van der Waals surface area contributed by atoms with E-state index in [-0.39, 0.29) is 0 Å². The second kappa shape index (κ2) is 3.75. The minimum Gasteiger partial charge on any atom is -0.0622 e. The maximum absolute atomic E-state index is 2.50. The van der Waals surface area contributed by atoms with E-state index in [1.807, 2.05) is 0 Å². The van der Waals surface area contributed by atoms with Crippen LogP contribution in [0, 0.1) is 34.5 Å². The first-order valence-corrected chi connectivity index (χ1v) is 7.96. The van der Waals surface area contributed by atoms with Crippen molar-refractivity contribution in [1.82, 2.24) is 0 Å². The number of rotatable bonds is 2. The van der Waals surface area contributed by atoms with Gasteiger partial charge in [0.15, 0.2) is 0 Å². The Morgan fingerprint density at radius 2 is 1.06 bits per heavy atom. The molecule has 0 aromatic heterocycles. The highest BCUT2D eigenvalue weighted by atomic mass is 14.6. The van der Waals surface area contributed by atoms with E-state index in [2.05, 4.69) is 27.7 Å². The van der Waals surface area contributed by atoms with Crippen LogP contribution in [0.5, 0.6) is 0 Å². The quantitative estimate of drug-likeness (QED) is 0.610. The summed E-state index contributed by atoms with van der Waals surface area (Å²) in [7, 11) is 0. The molecule has 0 aromatic carbocycles. The van der Waals surface area contributed by atoms with Gasteiger partial charge in [-0.3, -0.25) is 0 Å². The lowest BCUT2D eigenvalue weighted by molar-refractivity contribution is -0.0863. The Morgan fingerprint density at radius 1 is 0.706 bits per heavy atom. The van der Waals surface area contributed by atoms with Gasteiger partial charge in [0, 0.05) is 0 Å². The molecule has 0 aliphatic heterocycles. The molecule has 4 aliphatic rings. The van der Waals surface area contributed by atoms with Gasteiger partial charge in [-0.25, -0.2) is 0 Å². The second-order valence-corrected chi connectivity index (χ2v) is 8.34. The van der Waals surface area contributed by atoms with Gasteiger partial charge < -0.3 is 0 Å². The van der Waals surface area contributed by atoms with Crippen molar-refractivity contribution in [2.24, 2.45) is 34.5 Å². The fourth-order valence-electron chi connectivity index (χ4n) is 5.83. The van der Waals surface area contributed by atoms with Crippen molar-refractivity contribution in [2.45, 2.75) is 72.6 Å². The Morgan fingerprint density at radius 3 is 1.35 bits per heavy atom. The van der Waals surface area contributed by atoms with Crippen LogP contribution in [0.4, 0.5) is 0 Å². The molecule has 98 valence electrons.